The van der Waals surface area contributed by atoms with Crippen molar-refractivity contribution < 1.29 is 0 Å². The minimum Gasteiger partial charge on any atom is -0.368 e. The first-order valence-electron chi connectivity index (χ1n) is 7.85. The van der Waals surface area contributed by atoms with Crippen molar-refractivity contribution in [1.29, 1.82) is 5.26 Å². The molecule has 0 aliphatic rings. The SMILES string of the molecule is CCCn1c(C)cc(C=C(C#N)c2nc(N)nc(N(C)C)n2)c1C. The molecular formula is C17H23N7. The highest BCUT2D eigenvalue weighted by molar-refractivity contribution is 5.88. The Labute approximate surface area is 142 Å². The number of hydrogen-bond acceptors (Lipinski definition) is 6. The molecule has 0 radical (unpaired) electrons. The average Bonchev–Trinajstić information content (AvgIpc) is 2.79. The van der Waals surface area contributed by atoms with E-state index in [4.69, 9.17) is 5.73 Å². The topological polar surface area (TPSA) is 96.6 Å². The molecule has 7 heteroatoms. The fourth-order valence-corrected chi connectivity index (χ4v) is 2.55. The van der Waals surface area contributed by atoms with Crippen LogP contribution in [0.1, 0.15) is 36.1 Å². The Morgan fingerprint density at radius 3 is 2.62 bits per heavy atom. The third-order valence-electron chi connectivity index (χ3n) is 3.76. The average molecular weight is 325 g/mol. The molecule has 126 valence electrons. The zero-order valence-electron chi connectivity index (χ0n) is 14.8. The lowest BCUT2D eigenvalue weighted by molar-refractivity contribution is 0.648. The van der Waals surface area contributed by atoms with Gasteiger partial charge in [-0.2, -0.15) is 20.2 Å². The van der Waals surface area contributed by atoms with Crippen LogP contribution in [0.4, 0.5) is 11.9 Å². The number of rotatable bonds is 5. The molecule has 0 aliphatic heterocycles. The Morgan fingerprint density at radius 1 is 1.33 bits per heavy atom. The maximum atomic E-state index is 9.55. The molecule has 2 aromatic rings. The van der Waals surface area contributed by atoms with Gasteiger partial charge in [0.05, 0.1) is 5.57 Å². The van der Waals surface area contributed by atoms with Crippen LogP contribution in [0.3, 0.4) is 0 Å². The van der Waals surface area contributed by atoms with Crippen molar-refractivity contribution >= 4 is 23.5 Å². The normalized spacial score (nSPS) is 11.4. The number of nitrogen functional groups attached to an aromatic ring is 1. The number of aryl methyl sites for hydroxylation is 1. The van der Waals surface area contributed by atoms with Crippen molar-refractivity contribution in [3.05, 3.63) is 28.8 Å². The molecule has 0 spiro atoms. The molecule has 0 aliphatic carbocycles. The Bertz CT molecular complexity index is 809. The predicted octanol–water partition coefficient (Wildman–Crippen LogP) is 2.41. The summed E-state index contributed by atoms with van der Waals surface area (Å²) in [5, 5.41) is 9.55. The van der Waals surface area contributed by atoms with Crippen LogP contribution in [0.2, 0.25) is 0 Å². The van der Waals surface area contributed by atoms with E-state index in [2.05, 4.69) is 52.4 Å². The molecule has 2 heterocycles. The van der Waals surface area contributed by atoms with Gasteiger partial charge >= 0.3 is 0 Å². The van der Waals surface area contributed by atoms with E-state index >= 15 is 0 Å². The van der Waals surface area contributed by atoms with Crippen molar-refractivity contribution in [3.63, 3.8) is 0 Å². The molecule has 2 N–H and O–H groups in total. The van der Waals surface area contributed by atoms with Crippen molar-refractivity contribution in [2.75, 3.05) is 24.7 Å². The number of allylic oxidation sites excluding steroid dienone is 1. The predicted molar refractivity (Wildman–Crippen MR) is 96.2 cm³/mol. The largest absolute Gasteiger partial charge is 0.368 e. The van der Waals surface area contributed by atoms with Gasteiger partial charge in [-0.1, -0.05) is 6.92 Å². The van der Waals surface area contributed by atoms with E-state index in [1.807, 2.05) is 20.2 Å². The van der Waals surface area contributed by atoms with E-state index in [-0.39, 0.29) is 11.8 Å². The van der Waals surface area contributed by atoms with Gasteiger partial charge in [-0.15, -0.1) is 0 Å². The zero-order valence-corrected chi connectivity index (χ0v) is 14.8. The summed E-state index contributed by atoms with van der Waals surface area (Å²) in [4.78, 5) is 14.2. The van der Waals surface area contributed by atoms with Crippen LogP contribution >= 0.6 is 0 Å². The van der Waals surface area contributed by atoms with E-state index in [9.17, 15) is 5.26 Å². The van der Waals surface area contributed by atoms with Gasteiger partial charge in [-0.25, -0.2) is 0 Å². The van der Waals surface area contributed by atoms with Gasteiger partial charge in [0.2, 0.25) is 11.9 Å². The molecule has 0 unspecified atom stereocenters. The first-order chi connectivity index (χ1) is 11.4. The molecule has 0 amide bonds. The maximum absolute atomic E-state index is 9.55. The third-order valence-corrected chi connectivity index (χ3v) is 3.76. The summed E-state index contributed by atoms with van der Waals surface area (Å²) in [6.45, 7) is 7.22. The van der Waals surface area contributed by atoms with Gasteiger partial charge in [-0.05, 0) is 38.0 Å². The van der Waals surface area contributed by atoms with Crippen LogP contribution < -0.4 is 10.6 Å². The highest BCUT2D eigenvalue weighted by Gasteiger charge is 2.13. The van der Waals surface area contributed by atoms with Gasteiger partial charge < -0.3 is 15.2 Å². The molecule has 7 nitrogen and oxygen atoms in total. The number of anilines is 2. The van der Waals surface area contributed by atoms with E-state index < -0.39 is 0 Å². The molecule has 0 atom stereocenters. The summed E-state index contributed by atoms with van der Waals surface area (Å²) in [7, 11) is 3.62. The molecule has 0 saturated carbocycles. The fourth-order valence-electron chi connectivity index (χ4n) is 2.55. The van der Waals surface area contributed by atoms with Gasteiger partial charge in [0, 0.05) is 32.0 Å². The smallest absolute Gasteiger partial charge is 0.230 e. The summed E-state index contributed by atoms with van der Waals surface area (Å²) in [5.74, 6) is 0.811. The monoisotopic (exact) mass is 325 g/mol. The molecule has 0 saturated heterocycles. The standard InChI is InChI=1S/C17H23N7/c1-6-7-24-11(2)8-13(12(24)3)9-14(10-18)15-20-16(19)22-17(21-15)23(4)5/h8-9H,6-7H2,1-5H3,(H2,19,20,21,22). The van der Waals surface area contributed by atoms with Crippen LogP contribution in [0.15, 0.2) is 6.07 Å². The highest BCUT2D eigenvalue weighted by Crippen LogP contribution is 2.22. The Kier molecular flexibility index (Phi) is 5.19. The van der Waals surface area contributed by atoms with Crippen LogP contribution in [-0.2, 0) is 6.54 Å². The second kappa shape index (κ2) is 7.13. The van der Waals surface area contributed by atoms with E-state index in [1.54, 1.807) is 4.90 Å². The van der Waals surface area contributed by atoms with E-state index in [0.717, 1.165) is 24.2 Å². The lowest BCUT2D eigenvalue weighted by Crippen LogP contribution is -2.15. The van der Waals surface area contributed by atoms with E-state index in [0.29, 0.717) is 11.5 Å². The van der Waals surface area contributed by atoms with Crippen molar-refractivity contribution in [1.82, 2.24) is 19.5 Å². The number of nitriles is 1. The molecule has 0 aromatic carbocycles. The van der Waals surface area contributed by atoms with Gasteiger partial charge in [0.25, 0.3) is 0 Å². The number of nitrogens with zero attached hydrogens (tertiary/aromatic N) is 6. The number of aromatic nitrogens is 4. The third kappa shape index (κ3) is 3.54. The van der Waals surface area contributed by atoms with Gasteiger partial charge in [-0.3, -0.25) is 0 Å². The van der Waals surface area contributed by atoms with Crippen LogP contribution in [-0.4, -0.2) is 33.6 Å². The second-order valence-electron chi connectivity index (χ2n) is 5.86. The minimum absolute atomic E-state index is 0.0984. The fraction of sp³-hybridized carbons (Fsp3) is 0.412. The molecule has 2 aromatic heterocycles. The minimum atomic E-state index is 0.0984. The summed E-state index contributed by atoms with van der Waals surface area (Å²) >= 11 is 0. The first kappa shape index (κ1) is 17.5. The maximum Gasteiger partial charge on any atom is 0.230 e. The van der Waals surface area contributed by atoms with E-state index in [1.165, 1.54) is 5.69 Å². The lowest BCUT2D eigenvalue weighted by Gasteiger charge is -2.11. The summed E-state index contributed by atoms with van der Waals surface area (Å²) in [6, 6.07) is 4.24. The molecule has 2 rings (SSSR count). The summed E-state index contributed by atoms with van der Waals surface area (Å²) in [6.07, 6.45) is 2.86. The zero-order chi connectivity index (χ0) is 17.9. The second-order valence-corrected chi connectivity index (χ2v) is 5.86. The van der Waals surface area contributed by atoms with Crippen molar-refractivity contribution in [2.24, 2.45) is 0 Å². The number of hydrogen-bond donors (Lipinski definition) is 1. The lowest BCUT2D eigenvalue weighted by atomic mass is 10.1. The number of nitrogens with two attached hydrogens (primary N) is 1. The van der Waals surface area contributed by atoms with Crippen LogP contribution in [0.25, 0.3) is 11.6 Å². The first-order valence-corrected chi connectivity index (χ1v) is 7.85. The molecule has 24 heavy (non-hydrogen) atoms. The Balaban J connectivity index is 2.52. The summed E-state index contributed by atoms with van der Waals surface area (Å²) < 4.78 is 2.24. The molecular weight excluding hydrogens is 302 g/mol. The molecule has 0 fully saturated rings. The van der Waals surface area contributed by atoms with Gasteiger partial charge in [0.1, 0.15) is 6.07 Å². The quantitative estimate of drug-likeness (QED) is 0.848. The Morgan fingerprint density at radius 2 is 2.04 bits per heavy atom. The summed E-state index contributed by atoms with van der Waals surface area (Å²) in [5.41, 5.74) is 9.40. The van der Waals surface area contributed by atoms with Crippen LogP contribution in [0.5, 0.6) is 0 Å². The van der Waals surface area contributed by atoms with Gasteiger partial charge in [0.15, 0.2) is 5.82 Å². The Hall–Kier alpha value is -2.88. The van der Waals surface area contributed by atoms with Crippen molar-refractivity contribution in [3.8, 4) is 6.07 Å². The van der Waals surface area contributed by atoms with Crippen LogP contribution in [0, 0.1) is 25.2 Å². The van der Waals surface area contributed by atoms with Crippen molar-refractivity contribution in [2.45, 2.75) is 33.7 Å². The molecule has 0 bridgehead atoms. The highest BCUT2D eigenvalue weighted by atomic mass is 15.3.